The van der Waals surface area contributed by atoms with Crippen molar-refractivity contribution < 1.29 is 27.9 Å². The normalized spacial score (nSPS) is 12.5. The first kappa shape index (κ1) is 17.8. The van der Waals surface area contributed by atoms with Crippen LogP contribution in [-0.4, -0.2) is 35.9 Å². The van der Waals surface area contributed by atoms with Crippen molar-refractivity contribution in [3.8, 4) is 0 Å². The van der Waals surface area contributed by atoms with Crippen LogP contribution in [0.5, 0.6) is 0 Å². The number of amides is 2. The van der Waals surface area contributed by atoms with Crippen LogP contribution in [0.2, 0.25) is 0 Å². The molecule has 1 unspecified atom stereocenters. The maximum absolute atomic E-state index is 12.9. The Bertz CT molecular complexity index is 492. The molecule has 0 bridgehead atoms. The zero-order valence-electron chi connectivity index (χ0n) is 11.7. The Morgan fingerprint density at radius 3 is 2.36 bits per heavy atom. The number of aliphatic carboxylic acids is 1. The standard InChI is InChI=1S/C14H17F3N2O3/c15-14(16,17)11(9-10-5-2-1-3-6-10)19-13(22)18-8-4-7-12(20)21/h1-3,5-6,11H,4,7-9H2,(H,20,21)(H2,18,19,22). The van der Waals surface area contributed by atoms with Gasteiger partial charge in [-0.15, -0.1) is 0 Å². The molecular weight excluding hydrogens is 301 g/mol. The molecule has 0 fully saturated rings. The maximum Gasteiger partial charge on any atom is 0.408 e. The Balaban J connectivity index is 2.51. The molecule has 0 spiro atoms. The molecule has 1 atom stereocenters. The van der Waals surface area contributed by atoms with Gasteiger partial charge in [-0.05, 0) is 12.0 Å². The Morgan fingerprint density at radius 1 is 1.18 bits per heavy atom. The number of hydrogen-bond acceptors (Lipinski definition) is 2. The van der Waals surface area contributed by atoms with Crippen LogP contribution >= 0.6 is 0 Å². The Hall–Kier alpha value is -2.25. The average Bonchev–Trinajstić information content (AvgIpc) is 2.43. The number of urea groups is 1. The van der Waals surface area contributed by atoms with E-state index in [-0.39, 0.29) is 25.8 Å². The fourth-order valence-electron chi connectivity index (χ4n) is 1.75. The van der Waals surface area contributed by atoms with Gasteiger partial charge in [0, 0.05) is 19.4 Å². The molecule has 3 N–H and O–H groups in total. The lowest BCUT2D eigenvalue weighted by atomic mass is 10.1. The molecule has 1 rings (SSSR count). The van der Waals surface area contributed by atoms with Crippen LogP contribution in [0.25, 0.3) is 0 Å². The summed E-state index contributed by atoms with van der Waals surface area (Å²) in [5, 5.41) is 12.5. The first-order valence-electron chi connectivity index (χ1n) is 6.66. The number of carboxylic acid groups (broad SMARTS) is 1. The summed E-state index contributed by atoms with van der Waals surface area (Å²) in [5.74, 6) is -1.03. The van der Waals surface area contributed by atoms with E-state index in [2.05, 4.69) is 5.32 Å². The molecule has 2 amide bonds. The molecule has 0 aliphatic heterocycles. The molecule has 0 aromatic heterocycles. The summed E-state index contributed by atoms with van der Waals surface area (Å²) < 4.78 is 38.8. The van der Waals surface area contributed by atoms with Gasteiger partial charge in [0.25, 0.3) is 0 Å². The number of rotatable bonds is 7. The highest BCUT2D eigenvalue weighted by atomic mass is 19.4. The summed E-state index contributed by atoms with van der Waals surface area (Å²) in [4.78, 5) is 21.7. The molecule has 8 heteroatoms. The molecule has 1 aromatic carbocycles. The summed E-state index contributed by atoms with van der Waals surface area (Å²) in [6.45, 7) is -0.00591. The second-order valence-electron chi connectivity index (χ2n) is 4.68. The molecule has 5 nitrogen and oxygen atoms in total. The van der Waals surface area contributed by atoms with Crippen LogP contribution in [0.15, 0.2) is 30.3 Å². The number of alkyl halides is 3. The van der Waals surface area contributed by atoms with Gasteiger partial charge >= 0.3 is 18.2 Å². The second kappa shape index (κ2) is 8.26. The molecule has 122 valence electrons. The van der Waals surface area contributed by atoms with Gasteiger partial charge < -0.3 is 15.7 Å². The minimum Gasteiger partial charge on any atom is -0.481 e. The quantitative estimate of drug-likeness (QED) is 0.675. The zero-order valence-corrected chi connectivity index (χ0v) is 11.7. The van der Waals surface area contributed by atoms with E-state index in [0.717, 1.165) is 0 Å². The van der Waals surface area contributed by atoms with E-state index in [1.54, 1.807) is 30.3 Å². The minimum absolute atomic E-state index is 0.00591. The Kier molecular flexibility index (Phi) is 6.68. The lowest BCUT2D eigenvalue weighted by Crippen LogP contribution is -2.50. The summed E-state index contributed by atoms with van der Waals surface area (Å²) in [5.41, 5.74) is 0.455. The number of hydrogen-bond donors (Lipinski definition) is 3. The van der Waals surface area contributed by atoms with Gasteiger partial charge in [0.2, 0.25) is 0 Å². The van der Waals surface area contributed by atoms with E-state index in [0.29, 0.717) is 5.56 Å². The number of halogens is 3. The molecular formula is C14H17F3N2O3. The largest absolute Gasteiger partial charge is 0.481 e. The van der Waals surface area contributed by atoms with Gasteiger partial charge in [-0.25, -0.2) is 4.79 Å². The van der Waals surface area contributed by atoms with Gasteiger partial charge in [-0.1, -0.05) is 30.3 Å². The molecule has 0 aliphatic rings. The summed E-state index contributed by atoms with van der Waals surface area (Å²) in [7, 11) is 0. The molecule has 1 aromatic rings. The lowest BCUT2D eigenvalue weighted by Gasteiger charge is -2.22. The second-order valence-corrected chi connectivity index (χ2v) is 4.68. The van der Waals surface area contributed by atoms with Crippen molar-refractivity contribution in [1.29, 1.82) is 0 Å². The van der Waals surface area contributed by atoms with Crippen LogP contribution in [-0.2, 0) is 11.2 Å². The highest BCUT2D eigenvalue weighted by Crippen LogP contribution is 2.23. The van der Waals surface area contributed by atoms with Crippen LogP contribution in [0.3, 0.4) is 0 Å². The highest BCUT2D eigenvalue weighted by molar-refractivity contribution is 5.74. The van der Waals surface area contributed by atoms with Gasteiger partial charge in [0.1, 0.15) is 6.04 Å². The van der Waals surface area contributed by atoms with Crippen molar-refractivity contribution in [2.24, 2.45) is 0 Å². The van der Waals surface area contributed by atoms with Gasteiger partial charge in [-0.3, -0.25) is 4.79 Å². The van der Waals surface area contributed by atoms with Crippen molar-refractivity contribution in [1.82, 2.24) is 10.6 Å². The van der Waals surface area contributed by atoms with E-state index in [1.807, 2.05) is 5.32 Å². The summed E-state index contributed by atoms with van der Waals surface area (Å²) in [6.07, 6.45) is -4.95. The first-order valence-corrected chi connectivity index (χ1v) is 6.66. The third-order valence-electron chi connectivity index (χ3n) is 2.84. The van der Waals surface area contributed by atoms with Crippen LogP contribution in [0, 0.1) is 0 Å². The summed E-state index contributed by atoms with van der Waals surface area (Å²) in [6, 6.07) is 5.05. The fraction of sp³-hybridized carbons (Fsp3) is 0.429. The molecule has 0 radical (unpaired) electrons. The van der Waals surface area contributed by atoms with Crippen molar-refractivity contribution in [2.45, 2.75) is 31.5 Å². The number of carboxylic acids is 1. The fourth-order valence-corrected chi connectivity index (χ4v) is 1.75. The number of benzene rings is 1. The first-order chi connectivity index (χ1) is 10.3. The van der Waals surface area contributed by atoms with E-state index in [1.165, 1.54) is 0 Å². The van der Waals surface area contributed by atoms with Crippen molar-refractivity contribution in [2.75, 3.05) is 6.54 Å². The highest BCUT2D eigenvalue weighted by Gasteiger charge is 2.40. The van der Waals surface area contributed by atoms with Gasteiger partial charge in [-0.2, -0.15) is 13.2 Å². The van der Waals surface area contributed by atoms with Crippen LogP contribution < -0.4 is 10.6 Å². The van der Waals surface area contributed by atoms with E-state index >= 15 is 0 Å². The average molecular weight is 318 g/mol. The Morgan fingerprint density at radius 2 is 1.82 bits per heavy atom. The van der Waals surface area contributed by atoms with E-state index < -0.39 is 24.2 Å². The van der Waals surface area contributed by atoms with E-state index in [4.69, 9.17) is 5.11 Å². The van der Waals surface area contributed by atoms with Gasteiger partial charge in [0.05, 0.1) is 0 Å². The van der Waals surface area contributed by atoms with Crippen molar-refractivity contribution >= 4 is 12.0 Å². The molecule has 0 aliphatic carbocycles. The van der Waals surface area contributed by atoms with Crippen molar-refractivity contribution in [3.05, 3.63) is 35.9 Å². The van der Waals surface area contributed by atoms with Gasteiger partial charge in [0.15, 0.2) is 0 Å². The third kappa shape index (κ3) is 6.96. The molecule has 0 saturated carbocycles. The van der Waals surface area contributed by atoms with Crippen molar-refractivity contribution in [3.63, 3.8) is 0 Å². The molecule has 0 saturated heterocycles. The van der Waals surface area contributed by atoms with Crippen LogP contribution in [0.1, 0.15) is 18.4 Å². The lowest BCUT2D eigenvalue weighted by molar-refractivity contribution is -0.152. The summed E-state index contributed by atoms with van der Waals surface area (Å²) >= 11 is 0. The number of carbonyl (C=O) groups excluding carboxylic acids is 1. The molecule has 0 heterocycles. The SMILES string of the molecule is O=C(O)CCCNC(=O)NC(Cc1ccccc1)C(F)(F)F. The maximum atomic E-state index is 12.9. The van der Waals surface area contributed by atoms with Crippen LogP contribution in [0.4, 0.5) is 18.0 Å². The predicted molar refractivity (Wildman–Crippen MR) is 73.4 cm³/mol. The zero-order chi connectivity index (χ0) is 16.6. The topological polar surface area (TPSA) is 78.4 Å². The number of carbonyl (C=O) groups is 2. The molecule has 22 heavy (non-hydrogen) atoms. The smallest absolute Gasteiger partial charge is 0.408 e. The minimum atomic E-state index is -4.58. The third-order valence-corrected chi connectivity index (χ3v) is 2.84. The number of nitrogens with one attached hydrogen (secondary N) is 2. The monoisotopic (exact) mass is 318 g/mol. The van der Waals surface area contributed by atoms with E-state index in [9.17, 15) is 22.8 Å². The Labute approximate surface area is 125 Å². The predicted octanol–water partition coefficient (Wildman–Crippen LogP) is 2.32.